The van der Waals surface area contributed by atoms with Crippen molar-refractivity contribution >= 4 is 21.9 Å². The molecule has 4 rings (SSSR count). The Morgan fingerprint density at radius 3 is 2.44 bits per heavy atom. The maximum absolute atomic E-state index is 12.0. The molecule has 4 aliphatic rings. The minimum absolute atomic E-state index is 0.00933. The van der Waals surface area contributed by atoms with Gasteiger partial charge in [-0.1, -0.05) is 6.92 Å². The van der Waals surface area contributed by atoms with E-state index in [0.29, 0.717) is 11.8 Å². The number of carbonyl (C=O) groups is 1. The standard InChI is InChI=1S/C15H23BrO2/c1-10(16)18-13(17)8-15-6-11-3-12(7-15)5-14(2,4-11)9-15/h10-12H,3-9H2,1-2H3. The van der Waals surface area contributed by atoms with Crippen molar-refractivity contribution in [3.8, 4) is 0 Å². The Labute approximate surface area is 118 Å². The molecule has 102 valence electrons. The molecule has 0 heterocycles. The van der Waals surface area contributed by atoms with Gasteiger partial charge in [-0.3, -0.25) is 4.79 Å². The van der Waals surface area contributed by atoms with Crippen molar-refractivity contribution in [2.24, 2.45) is 22.7 Å². The molecule has 0 saturated heterocycles. The van der Waals surface area contributed by atoms with E-state index in [1.54, 1.807) is 0 Å². The van der Waals surface area contributed by atoms with E-state index in [0.717, 1.165) is 11.8 Å². The molecule has 4 bridgehead atoms. The zero-order chi connectivity index (χ0) is 13.0. The molecule has 0 spiro atoms. The largest absolute Gasteiger partial charge is 0.451 e. The lowest BCUT2D eigenvalue weighted by Gasteiger charge is -2.61. The van der Waals surface area contributed by atoms with E-state index in [9.17, 15) is 4.79 Å². The minimum Gasteiger partial charge on any atom is -0.451 e. The molecule has 4 fully saturated rings. The highest BCUT2D eigenvalue weighted by atomic mass is 79.9. The molecule has 0 aromatic rings. The fraction of sp³-hybridized carbons (Fsp3) is 0.933. The fourth-order valence-corrected chi connectivity index (χ4v) is 5.87. The number of alkyl halides is 1. The minimum atomic E-state index is -0.158. The average Bonchev–Trinajstić information content (AvgIpc) is 2.08. The molecule has 3 unspecified atom stereocenters. The summed E-state index contributed by atoms with van der Waals surface area (Å²) in [5.74, 6) is 1.75. The zero-order valence-electron chi connectivity index (χ0n) is 11.4. The predicted octanol–water partition coefficient (Wildman–Crippen LogP) is 4.27. The van der Waals surface area contributed by atoms with Crippen molar-refractivity contribution in [2.45, 2.75) is 63.8 Å². The normalized spacial score (nSPS) is 47.1. The van der Waals surface area contributed by atoms with E-state index < -0.39 is 0 Å². The van der Waals surface area contributed by atoms with Crippen LogP contribution in [0.5, 0.6) is 0 Å². The molecule has 0 N–H and O–H groups in total. The van der Waals surface area contributed by atoms with Crippen LogP contribution in [0.15, 0.2) is 0 Å². The molecule has 4 aliphatic carbocycles. The van der Waals surface area contributed by atoms with E-state index in [2.05, 4.69) is 22.9 Å². The van der Waals surface area contributed by atoms with Gasteiger partial charge in [0.05, 0.1) is 6.42 Å². The molecular weight excluding hydrogens is 292 g/mol. The smallest absolute Gasteiger partial charge is 0.307 e. The molecule has 0 radical (unpaired) electrons. The average molecular weight is 315 g/mol. The van der Waals surface area contributed by atoms with Gasteiger partial charge in [-0.2, -0.15) is 0 Å². The van der Waals surface area contributed by atoms with E-state index in [1.807, 2.05) is 6.92 Å². The van der Waals surface area contributed by atoms with Crippen LogP contribution >= 0.6 is 15.9 Å². The van der Waals surface area contributed by atoms with Crippen LogP contribution in [0.1, 0.15) is 58.8 Å². The maximum Gasteiger partial charge on any atom is 0.307 e. The summed E-state index contributed by atoms with van der Waals surface area (Å²) in [4.78, 5) is 12.0. The summed E-state index contributed by atoms with van der Waals surface area (Å²) in [6.45, 7) is 4.30. The number of hydrogen-bond donors (Lipinski definition) is 0. The molecule has 18 heavy (non-hydrogen) atoms. The Balaban J connectivity index is 1.73. The number of ether oxygens (including phenoxy) is 1. The first-order valence-electron chi connectivity index (χ1n) is 7.22. The molecule has 2 nitrogen and oxygen atoms in total. The van der Waals surface area contributed by atoms with Crippen molar-refractivity contribution < 1.29 is 9.53 Å². The SMILES string of the molecule is CC(Br)OC(=O)CC12CC3CC(CC(C)(C3)C1)C2. The van der Waals surface area contributed by atoms with Gasteiger partial charge in [0.15, 0.2) is 5.01 Å². The van der Waals surface area contributed by atoms with Gasteiger partial charge in [0.2, 0.25) is 0 Å². The first-order valence-corrected chi connectivity index (χ1v) is 8.13. The van der Waals surface area contributed by atoms with Gasteiger partial charge in [-0.25, -0.2) is 0 Å². The van der Waals surface area contributed by atoms with Gasteiger partial charge in [0, 0.05) is 0 Å². The van der Waals surface area contributed by atoms with Crippen LogP contribution in [-0.4, -0.2) is 11.0 Å². The monoisotopic (exact) mass is 314 g/mol. The van der Waals surface area contributed by atoms with Crippen molar-refractivity contribution in [1.29, 1.82) is 0 Å². The van der Waals surface area contributed by atoms with Crippen molar-refractivity contribution in [2.75, 3.05) is 0 Å². The molecule has 3 atom stereocenters. The second-order valence-electron chi connectivity index (χ2n) is 7.48. The van der Waals surface area contributed by atoms with Crippen molar-refractivity contribution in [1.82, 2.24) is 0 Å². The Bertz CT molecular complexity index is 350. The number of halogens is 1. The van der Waals surface area contributed by atoms with Crippen LogP contribution in [-0.2, 0) is 9.53 Å². The van der Waals surface area contributed by atoms with Gasteiger partial charge in [0.25, 0.3) is 0 Å². The van der Waals surface area contributed by atoms with Gasteiger partial charge in [0.1, 0.15) is 0 Å². The maximum atomic E-state index is 12.0. The Morgan fingerprint density at radius 1 is 1.33 bits per heavy atom. The van der Waals surface area contributed by atoms with Crippen LogP contribution < -0.4 is 0 Å². The highest BCUT2D eigenvalue weighted by Crippen LogP contribution is 2.66. The molecule has 3 heteroatoms. The molecule has 0 amide bonds. The summed E-state index contributed by atoms with van der Waals surface area (Å²) in [6, 6.07) is 0. The van der Waals surface area contributed by atoms with Crippen LogP contribution in [0.25, 0.3) is 0 Å². The summed E-state index contributed by atoms with van der Waals surface area (Å²) in [5, 5.41) is -0.158. The Morgan fingerprint density at radius 2 is 1.94 bits per heavy atom. The number of rotatable bonds is 3. The summed E-state index contributed by atoms with van der Waals surface area (Å²) in [6.07, 6.45) is 8.64. The van der Waals surface area contributed by atoms with Crippen LogP contribution in [0.3, 0.4) is 0 Å². The van der Waals surface area contributed by atoms with Gasteiger partial charge < -0.3 is 4.74 Å². The predicted molar refractivity (Wildman–Crippen MR) is 74.3 cm³/mol. The first kappa shape index (κ1) is 13.0. The summed E-state index contributed by atoms with van der Waals surface area (Å²) in [7, 11) is 0. The van der Waals surface area contributed by atoms with E-state index >= 15 is 0 Å². The summed E-state index contributed by atoms with van der Waals surface area (Å²) in [5.41, 5.74) is 0.794. The second-order valence-corrected chi connectivity index (χ2v) is 8.77. The van der Waals surface area contributed by atoms with Crippen LogP contribution in [0.4, 0.5) is 0 Å². The quantitative estimate of drug-likeness (QED) is 0.574. The van der Waals surface area contributed by atoms with Gasteiger partial charge in [-0.05, 0) is 84.0 Å². The number of carbonyl (C=O) groups excluding carboxylic acids is 1. The zero-order valence-corrected chi connectivity index (χ0v) is 13.0. The van der Waals surface area contributed by atoms with Gasteiger partial charge >= 0.3 is 5.97 Å². The van der Waals surface area contributed by atoms with E-state index in [-0.39, 0.29) is 16.4 Å². The van der Waals surface area contributed by atoms with E-state index in [4.69, 9.17) is 4.74 Å². The molecule has 0 aromatic carbocycles. The summed E-state index contributed by atoms with van der Waals surface area (Å²) >= 11 is 3.29. The molecule has 4 saturated carbocycles. The fourth-order valence-electron chi connectivity index (χ4n) is 5.66. The highest BCUT2D eigenvalue weighted by Gasteiger charge is 2.56. The van der Waals surface area contributed by atoms with Gasteiger partial charge in [-0.15, -0.1) is 0 Å². The lowest BCUT2D eigenvalue weighted by Crippen LogP contribution is -2.51. The molecular formula is C15H23BrO2. The van der Waals surface area contributed by atoms with E-state index in [1.165, 1.54) is 38.5 Å². The third-order valence-corrected chi connectivity index (χ3v) is 5.47. The topological polar surface area (TPSA) is 26.3 Å². The number of esters is 1. The van der Waals surface area contributed by atoms with Crippen LogP contribution in [0, 0.1) is 22.7 Å². The summed E-state index contributed by atoms with van der Waals surface area (Å²) < 4.78 is 5.30. The first-order chi connectivity index (χ1) is 8.38. The molecule has 0 aromatic heterocycles. The third kappa shape index (κ3) is 2.35. The second kappa shape index (κ2) is 4.22. The van der Waals surface area contributed by atoms with Crippen molar-refractivity contribution in [3.05, 3.63) is 0 Å². The lowest BCUT2D eigenvalue weighted by atomic mass is 9.44. The van der Waals surface area contributed by atoms with Crippen molar-refractivity contribution in [3.63, 3.8) is 0 Å². The third-order valence-electron chi connectivity index (χ3n) is 5.29. The Kier molecular flexibility index (Phi) is 3.04. The highest BCUT2D eigenvalue weighted by molar-refractivity contribution is 9.09. The number of hydrogen-bond acceptors (Lipinski definition) is 2. The van der Waals surface area contributed by atoms with Crippen LogP contribution in [0.2, 0.25) is 0 Å². The lowest BCUT2D eigenvalue weighted by molar-refractivity contribution is -0.157. The molecule has 0 aliphatic heterocycles. The Hall–Kier alpha value is -0.0500.